The predicted molar refractivity (Wildman–Crippen MR) is 39.3 cm³/mol. The zero-order valence-electron chi connectivity index (χ0n) is 6.40. The minimum Gasteiger partial charge on any atom is -0.395 e. The van der Waals surface area contributed by atoms with E-state index in [1.54, 1.807) is 0 Å². The molecule has 1 unspecified atom stereocenters. The first kappa shape index (κ1) is 8.64. The van der Waals surface area contributed by atoms with Crippen molar-refractivity contribution >= 4 is 6.29 Å². The van der Waals surface area contributed by atoms with Crippen LogP contribution in [0, 0.1) is 0 Å². The van der Waals surface area contributed by atoms with E-state index in [-0.39, 0.29) is 12.6 Å². The molecule has 0 bridgehead atoms. The lowest BCUT2D eigenvalue weighted by molar-refractivity contribution is -0.118. The van der Waals surface area contributed by atoms with E-state index in [9.17, 15) is 4.79 Å². The number of aliphatic hydroxyl groups is 1. The van der Waals surface area contributed by atoms with Crippen LogP contribution in [-0.2, 0) is 9.53 Å². The molecule has 1 heterocycles. The van der Waals surface area contributed by atoms with Crippen LogP contribution in [0.2, 0.25) is 0 Å². The first-order chi connectivity index (χ1) is 5.38. The number of β-amino-alcohol motifs (C(OH)–C–C–N with tert-alkyl or cyclic N) is 1. The van der Waals surface area contributed by atoms with Crippen molar-refractivity contribution in [3.8, 4) is 0 Å². The Labute approximate surface area is 65.8 Å². The molecule has 0 spiro atoms. The highest BCUT2D eigenvalue weighted by Crippen LogP contribution is 2.02. The van der Waals surface area contributed by atoms with Crippen LogP contribution in [0.25, 0.3) is 0 Å². The molecule has 1 rings (SSSR count). The molecule has 64 valence electrons. The van der Waals surface area contributed by atoms with Gasteiger partial charge in [-0.2, -0.15) is 0 Å². The van der Waals surface area contributed by atoms with Crippen molar-refractivity contribution in [2.24, 2.45) is 0 Å². The largest absolute Gasteiger partial charge is 0.395 e. The molecule has 1 atom stereocenters. The summed E-state index contributed by atoms with van der Waals surface area (Å²) in [7, 11) is 0. The van der Waals surface area contributed by atoms with Gasteiger partial charge in [0.25, 0.3) is 0 Å². The maximum absolute atomic E-state index is 10.4. The Morgan fingerprint density at radius 1 is 1.73 bits per heavy atom. The smallest absolute Gasteiger partial charge is 0.139 e. The molecule has 0 saturated carbocycles. The summed E-state index contributed by atoms with van der Waals surface area (Å²) in [6, 6.07) is -0.157. The van der Waals surface area contributed by atoms with Crippen LogP contribution < -0.4 is 0 Å². The van der Waals surface area contributed by atoms with Crippen molar-refractivity contribution in [2.45, 2.75) is 6.04 Å². The number of hydrogen-bond acceptors (Lipinski definition) is 4. The Bertz CT molecular complexity index is 127. The zero-order valence-corrected chi connectivity index (χ0v) is 6.40. The summed E-state index contributed by atoms with van der Waals surface area (Å²) in [5.41, 5.74) is 0. The van der Waals surface area contributed by atoms with E-state index in [1.807, 2.05) is 4.90 Å². The van der Waals surface area contributed by atoms with Crippen molar-refractivity contribution in [3.63, 3.8) is 0 Å². The molecule has 0 aromatic heterocycles. The minimum absolute atomic E-state index is 0.102. The fraction of sp³-hybridized carbons (Fsp3) is 0.857. The fourth-order valence-corrected chi connectivity index (χ4v) is 1.19. The summed E-state index contributed by atoms with van der Waals surface area (Å²) in [5.74, 6) is 0. The molecule has 0 radical (unpaired) electrons. The van der Waals surface area contributed by atoms with Gasteiger partial charge in [0.15, 0.2) is 0 Å². The lowest BCUT2D eigenvalue weighted by Gasteiger charge is -2.31. The number of aliphatic hydroxyl groups excluding tert-OH is 1. The second kappa shape index (κ2) is 4.43. The monoisotopic (exact) mass is 159 g/mol. The lowest BCUT2D eigenvalue weighted by Crippen LogP contribution is -2.47. The average molecular weight is 159 g/mol. The highest BCUT2D eigenvalue weighted by molar-refractivity contribution is 5.57. The van der Waals surface area contributed by atoms with E-state index in [0.29, 0.717) is 19.8 Å². The molecule has 0 aromatic carbocycles. The Hall–Kier alpha value is -0.450. The van der Waals surface area contributed by atoms with Crippen molar-refractivity contribution < 1.29 is 14.6 Å². The van der Waals surface area contributed by atoms with Gasteiger partial charge in [-0.05, 0) is 0 Å². The fourth-order valence-electron chi connectivity index (χ4n) is 1.19. The Kier molecular flexibility index (Phi) is 3.48. The first-order valence-electron chi connectivity index (χ1n) is 3.76. The van der Waals surface area contributed by atoms with E-state index in [2.05, 4.69) is 0 Å². The summed E-state index contributed by atoms with van der Waals surface area (Å²) in [5, 5.41) is 8.63. The van der Waals surface area contributed by atoms with Crippen molar-refractivity contribution in [2.75, 3.05) is 32.9 Å². The highest BCUT2D eigenvalue weighted by atomic mass is 16.5. The van der Waals surface area contributed by atoms with Crippen molar-refractivity contribution in [3.05, 3.63) is 0 Å². The lowest BCUT2D eigenvalue weighted by atomic mass is 10.2. The summed E-state index contributed by atoms with van der Waals surface area (Å²) >= 11 is 0. The molecule has 0 amide bonds. The van der Waals surface area contributed by atoms with Crippen LogP contribution >= 0.6 is 0 Å². The third-order valence-electron chi connectivity index (χ3n) is 1.82. The third kappa shape index (κ3) is 2.25. The van der Waals surface area contributed by atoms with Gasteiger partial charge in [0, 0.05) is 13.1 Å². The predicted octanol–water partition coefficient (Wildman–Crippen LogP) is -1.12. The summed E-state index contributed by atoms with van der Waals surface area (Å²) in [6.45, 7) is 2.52. The van der Waals surface area contributed by atoms with Crippen LogP contribution in [-0.4, -0.2) is 55.2 Å². The topological polar surface area (TPSA) is 49.8 Å². The Morgan fingerprint density at radius 3 is 3.18 bits per heavy atom. The number of aldehydes is 1. The normalized spacial score (nSPS) is 26.8. The quantitative estimate of drug-likeness (QED) is 0.530. The molecule has 1 fully saturated rings. The third-order valence-corrected chi connectivity index (χ3v) is 1.82. The van der Waals surface area contributed by atoms with Crippen molar-refractivity contribution in [1.29, 1.82) is 0 Å². The summed E-state index contributed by atoms with van der Waals surface area (Å²) in [4.78, 5) is 12.4. The van der Waals surface area contributed by atoms with Gasteiger partial charge in [-0.15, -0.1) is 0 Å². The maximum Gasteiger partial charge on any atom is 0.139 e. The molecule has 0 aliphatic carbocycles. The molecule has 4 nitrogen and oxygen atoms in total. The van der Waals surface area contributed by atoms with Gasteiger partial charge >= 0.3 is 0 Å². The SMILES string of the molecule is O=CC1COCCN1CCO. The molecule has 0 aromatic rings. The molecule has 4 heteroatoms. The van der Waals surface area contributed by atoms with E-state index in [1.165, 1.54) is 0 Å². The maximum atomic E-state index is 10.4. The van der Waals surface area contributed by atoms with Crippen LogP contribution in [0.4, 0.5) is 0 Å². The zero-order chi connectivity index (χ0) is 8.10. The minimum atomic E-state index is -0.157. The number of hydrogen-bond donors (Lipinski definition) is 1. The molecule has 1 aliphatic rings. The number of nitrogens with zero attached hydrogens (tertiary/aromatic N) is 1. The standard InChI is InChI=1S/C7H13NO3/c9-3-1-8-2-4-11-6-7(8)5-10/h5,7,9H,1-4,6H2. The van der Waals surface area contributed by atoms with Gasteiger partial charge < -0.3 is 14.6 Å². The molecule has 11 heavy (non-hydrogen) atoms. The van der Waals surface area contributed by atoms with Crippen LogP contribution in [0.15, 0.2) is 0 Å². The highest BCUT2D eigenvalue weighted by Gasteiger charge is 2.20. The van der Waals surface area contributed by atoms with E-state index >= 15 is 0 Å². The second-order valence-corrected chi connectivity index (χ2v) is 2.54. The molecule has 1 saturated heterocycles. The molecular weight excluding hydrogens is 146 g/mol. The number of carbonyl (C=O) groups is 1. The van der Waals surface area contributed by atoms with Gasteiger partial charge in [-0.1, -0.05) is 0 Å². The van der Waals surface area contributed by atoms with Gasteiger partial charge in [0.1, 0.15) is 6.29 Å². The number of rotatable bonds is 3. The molecular formula is C7H13NO3. The first-order valence-corrected chi connectivity index (χ1v) is 3.76. The van der Waals surface area contributed by atoms with Gasteiger partial charge in [0.05, 0.1) is 25.9 Å². The van der Waals surface area contributed by atoms with Gasteiger partial charge in [-0.25, -0.2) is 0 Å². The van der Waals surface area contributed by atoms with E-state index in [4.69, 9.17) is 9.84 Å². The van der Waals surface area contributed by atoms with Crippen LogP contribution in [0.1, 0.15) is 0 Å². The van der Waals surface area contributed by atoms with Crippen LogP contribution in [0.3, 0.4) is 0 Å². The number of carbonyl (C=O) groups excluding carboxylic acids is 1. The van der Waals surface area contributed by atoms with Crippen LogP contribution in [0.5, 0.6) is 0 Å². The summed E-state index contributed by atoms with van der Waals surface area (Å²) < 4.78 is 5.09. The second-order valence-electron chi connectivity index (χ2n) is 2.54. The van der Waals surface area contributed by atoms with E-state index < -0.39 is 0 Å². The molecule has 1 N–H and O–H groups in total. The number of ether oxygens (including phenoxy) is 1. The van der Waals surface area contributed by atoms with E-state index in [0.717, 1.165) is 12.8 Å². The van der Waals surface area contributed by atoms with Crippen molar-refractivity contribution in [1.82, 2.24) is 4.90 Å². The number of morpholine rings is 1. The summed E-state index contributed by atoms with van der Waals surface area (Å²) in [6.07, 6.45) is 0.870. The Balaban J connectivity index is 2.37. The van der Waals surface area contributed by atoms with Gasteiger partial charge in [0.2, 0.25) is 0 Å². The van der Waals surface area contributed by atoms with Gasteiger partial charge in [-0.3, -0.25) is 4.90 Å². The molecule has 1 aliphatic heterocycles. The average Bonchev–Trinajstić information content (AvgIpc) is 2.06. The Morgan fingerprint density at radius 2 is 2.55 bits per heavy atom.